The van der Waals surface area contributed by atoms with E-state index in [1.807, 2.05) is 6.92 Å². The predicted octanol–water partition coefficient (Wildman–Crippen LogP) is 1.86. The number of nitrogens with one attached hydrogen (secondary N) is 1. The molecule has 0 fully saturated rings. The van der Waals surface area contributed by atoms with Crippen molar-refractivity contribution >= 4 is 11.9 Å². The second-order valence-electron chi connectivity index (χ2n) is 4.91. The molecule has 0 radical (unpaired) electrons. The van der Waals surface area contributed by atoms with E-state index in [0.717, 1.165) is 0 Å². The SMILES string of the molecule is CCCC(C)(NC(=O)c1cc(OC)ccc1O)C(=O)OC. The summed E-state index contributed by atoms with van der Waals surface area (Å²) < 4.78 is 9.76. The highest BCUT2D eigenvalue weighted by molar-refractivity contribution is 6.00. The molecule has 116 valence electrons. The number of aromatic hydroxyl groups is 1. The fourth-order valence-corrected chi connectivity index (χ4v) is 2.08. The van der Waals surface area contributed by atoms with Gasteiger partial charge in [-0.1, -0.05) is 13.3 Å². The maximum atomic E-state index is 12.3. The molecular formula is C15H21NO5. The molecule has 0 saturated heterocycles. The lowest BCUT2D eigenvalue weighted by atomic mass is 9.95. The molecule has 1 unspecified atom stereocenters. The van der Waals surface area contributed by atoms with Gasteiger partial charge in [0.1, 0.15) is 17.0 Å². The van der Waals surface area contributed by atoms with Gasteiger partial charge in [-0.05, 0) is 31.5 Å². The molecule has 1 aromatic rings. The summed E-state index contributed by atoms with van der Waals surface area (Å²) in [5, 5.41) is 12.4. The van der Waals surface area contributed by atoms with E-state index in [2.05, 4.69) is 5.32 Å². The van der Waals surface area contributed by atoms with E-state index in [4.69, 9.17) is 9.47 Å². The number of hydrogen-bond acceptors (Lipinski definition) is 5. The second kappa shape index (κ2) is 6.97. The number of esters is 1. The lowest BCUT2D eigenvalue weighted by Gasteiger charge is -2.27. The van der Waals surface area contributed by atoms with Crippen molar-refractivity contribution in [2.24, 2.45) is 0 Å². The smallest absolute Gasteiger partial charge is 0.331 e. The van der Waals surface area contributed by atoms with Crippen LogP contribution in [-0.4, -0.2) is 36.7 Å². The first-order valence-electron chi connectivity index (χ1n) is 6.66. The molecule has 0 saturated carbocycles. The first-order valence-corrected chi connectivity index (χ1v) is 6.66. The standard InChI is InChI=1S/C15H21NO5/c1-5-8-15(2,14(19)21-4)16-13(18)11-9-10(20-3)6-7-12(11)17/h6-7,9,17H,5,8H2,1-4H3,(H,16,18). The Kier molecular flexibility index (Phi) is 5.58. The molecular weight excluding hydrogens is 274 g/mol. The second-order valence-corrected chi connectivity index (χ2v) is 4.91. The van der Waals surface area contributed by atoms with Crippen LogP contribution < -0.4 is 10.1 Å². The number of hydrogen-bond donors (Lipinski definition) is 2. The molecule has 1 amide bonds. The first kappa shape index (κ1) is 16.8. The highest BCUT2D eigenvalue weighted by atomic mass is 16.5. The van der Waals surface area contributed by atoms with Crippen molar-refractivity contribution in [3.8, 4) is 11.5 Å². The summed E-state index contributed by atoms with van der Waals surface area (Å²) in [6.45, 7) is 3.49. The molecule has 1 aromatic carbocycles. The zero-order valence-corrected chi connectivity index (χ0v) is 12.7. The molecule has 0 aliphatic carbocycles. The molecule has 0 spiro atoms. The van der Waals surface area contributed by atoms with Gasteiger partial charge in [-0.3, -0.25) is 4.79 Å². The fraction of sp³-hybridized carbons (Fsp3) is 0.467. The molecule has 6 heteroatoms. The third-order valence-corrected chi connectivity index (χ3v) is 3.22. The number of ether oxygens (including phenoxy) is 2. The summed E-state index contributed by atoms with van der Waals surface area (Å²) in [7, 11) is 2.73. The van der Waals surface area contributed by atoms with E-state index in [0.29, 0.717) is 18.6 Å². The topological polar surface area (TPSA) is 84.9 Å². The quantitative estimate of drug-likeness (QED) is 0.782. The molecule has 0 heterocycles. The summed E-state index contributed by atoms with van der Waals surface area (Å²) in [4.78, 5) is 24.2. The maximum absolute atomic E-state index is 12.3. The summed E-state index contributed by atoms with van der Waals surface area (Å²) in [5.41, 5.74) is -1.10. The Bertz CT molecular complexity index is 529. The van der Waals surface area contributed by atoms with Gasteiger partial charge in [0, 0.05) is 0 Å². The highest BCUT2D eigenvalue weighted by Crippen LogP contribution is 2.24. The van der Waals surface area contributed by atoms with Gasteiger partial charge in [0.15, 0.2) is 0 Å². The van der Waals surface area contributed by atoms with Crippen LogP contribution in [0.15, 0.2) is 18.2 Å². The summed E-state index contributed by atoms with van der Waals surface area (Å²) in [6.07, 6.45) is 1.12. The molecule has 0 bridgehead atoms. The van der Waals surface area contributed by atoms with Crippen LogP contribution in [0.1, 0.15) is 37.0 Å². The van der Waals surface area contributed by atoms with Crippen molar-refractivity contribution in [2.75, 3.05) is 14.2 Å². The zero-order chi connectivity index (χ0) is 16.0. The van der Waals surface area contributed by atoms with Gasteiger partial charge in [0.05, 0.1) is 19.8 Å². The number of methoxy groups -OCH3 is 2. The number of carbonyl (C=O) groups excluding carboxylic acids is 2. The van der Waals surface area contributed by atoms with Crippen LogP contribution >= 0.6 is 0 Å². The van der Waals surface area contributed by atoms with E-state index >= 15 is 0 Å². The molecule has 2 N–H and O–H groups in total. The van der Waals surface area contributed by atoms with Gasteiger partial charge in [0.2, 0.25) is 0 Å². The van der Waals surface area contributed by atoms with Crippen molar-refractivity contribution < 1.29 is 24.2 Å². The van der Waals surface area contributed by atoms with Gasteiger partial charge >= 0.3 is 5.97 Å². The van der Waals surface area contributed by atoms with Gasteiger partial charge < -0.3 is 19.9 Å². The van der Waals surface area contributed by atoms with E-state index in [1.54, 1.807) is 6.92 Å². The zero-order valence-electron chi connectivity index (χ0n) is 12.7. The van der Waals surface area contributed by atoms with Gasteiger partial charge in [0.25, 0.3) is 5.91 Å². The largest absolute Gasteiger partial charge is 0.507 e. The van der Waals surface area contributed by atoms with E-state index in [1.165, 1.54) is 32.4 Å². The maximum Gasteiger partial charge on any atom is 0.331 e. The minimum atomic E-state index is -1.14. The predicted molar refractivity (Wildman–Crippen MR) is 77.5 cm³/mol. The average molecular weight is 295 g/mol. The number of benzene rings is 1. The molecule has 21 heavy (non-hydrogen) atoms. The van der Waals surface area contributed by atoms with Crippen LogP contribution in [0.2, 0.25) is 0 Å². The van der Waals surface area contributed by atoms with Gasteiger partial charge in [-0.25, -0.2) is 4.79 Å². The molecule has 0 aliphatic rings. The lowest BCUT2D eigenvalue weighted by Crippen LogP contribution is -2.52. The summed E-state index contributed by atoms with van der Waals surface area (Å²) in [6, 6.07) is 4.31. The highest BCUT2D eigenvalue weighted by Gasteiger charge is 2.35. The van der Waals surface area contributed by atoms with Gasteiger partial charge in [-0.15, -0.1) is 0 Å². The number of phenolic OH excluding ortho intramolecular Hbond substituents is 1. The number of phenols is 1. The van der Waals surface area contributed by atoms with Crippen LogP contribution in [0.25, 0.3) is 0 Å². The van der Waals surface area contributed by atoms with E-state index in [9.17, 15) is 14.7 Å². The monoisotopic (exact) mass is 295 g/mol. The fourth-order valence-electron chi connectivity index (χ4n) is 2.08. The van der Waals surface area contributed by atoms with Crippen LogP contribution in [0.4, 0.5) is 0 Å². The van der Waals surface area contributed by atoms with Crippen molar-refractivity contribution in [3.05, 3.63) is 23.8 Å². The van der Waals surface area contributed by atoms with Crippen LogP contribution in [0.3, 0.4) is 0 Å². The molecule has 1 rings (SSSR count). The van der Waals surface area contributed by atoms with Crippen molar-refractivity contribution in [2.45, 2.75) is 32.2 Å². The Morgan fingerprint density at radius 1 is 1.33 bits per heavy atom. The number of carbonyl (C=O) groups is 2. The minimum absolute atomic E-state index is 0.0422. The van der Waals surface area contributed by atoms with Crippen molar-refractivity contribution in [3.63, 3.8) is 0 Å². The van der Waals surface area contributed by atoms with E-state index < -0.39 is 17.4 Å². The molecule has 0 aromatic heterocycles. The average Bonchev–Trinajstić information content (AvgIpc) is 2.46. The lowest BCUT2D eigenvalue weighted by molar-refractivity contribution is -0.147. The number of rotatable bonds is 6. The Labute approximate surface area is 124 Å². The third-order valence-electron chi connectivity index (χ3n) is 3.22. The van der Waals surface area contributed by atoms with Crippen molar-refractivity contribution in [1.29, 1.82) is 0 Å². The summed E-state index contributed by atoms with van der Waals surface area (Å²) >= 11 is 0. The molecule has 0 aliphatic heterocycles. The number of amides is 1. The Morgan fingerprint density at radius 2 is 2.00 bits per heavy atom. The Hall–Kier alpha value is -2.24. The van der Waals surface area contributed by atoms with Crippen LogP contribution in [-0.2, 0) is 9.53 Å². The Morgan fingerprint density at radius 3 is 2.52 bits per heavy atom. The normalized spacial score (nSPS) is 13.1. The van der Waals surface area contributed by atoms with Crippen LogP contribution in [0, 0.1) is 0 Å². The first-order chi connectivity index (χ1) is 9.87. The van der Waals surface area contributed by atoms with Crippen molar-refractivity contribution in [1.82, 2.24) is 5.32 Å². The van der Waals surface area contributed by atoms with Gasteiger partial charge in [-0.2, -0.15) is 0 Å². The van der Waals surface area contributed by atoms with Crippen LogP contribution in [0.5, 0.6) is 11.5 Å². The third kappa shape index (κ3) is 3.87. The molecule has 1 atom stereocenters. The summed E-state index contributed by atoms with van der Waals surface area (Å²) in [5.74, 6) is -0.835. The van der Waals surface area contributed by atoms with E-state index in [-0.39, 0.29) is 11.3 Å². The minimum Gasteiger partial charge on any atom is -0.507 e. The molecule has 6 nitrogen and oxygen atoms in total. The Balaban J connectivity index is 3.05.